The van der Waals surface area contributed by atoms with Crippen molar-refractivity contribution in [3.63, 3.8) is 0 Å². The van der Waals surface area contributed by atoms with Crippen molar-refractivity contribution in [2.45, 2.75) is 356 Å². The second-order valence-corrected chi connectivity index (χ2v) is 29.4. The molecule has 0 heterocycles. The fraction of sp³-hybridized carbons (Fsp3) is 0.889. The molecule has 0 aromatic rings. The van der Waals surface area contributed by atoms with Crippen LogP contribution >= 0.6 is 15.6 Å². The zero-order valence-corrected chi connectivity index (χ0v) is 60.6. The number of carbonyl (C=O) groups is 4. The van der Waals surface area contributed by atoms with Crippen LogP contribution in [0.3, 0.4) is 0 Å². The predicted octanol–water partition coefficient (Wildman–Crippen LogP) is 20.2. The normalized spacial score (nSPS) is 14.6. The standard InChI is InChI=1S/C72H136O17P2/c1-8-10-11-12-13-14-15-16-17-18-19-23-34-41-48-55-71(76)88-67(59-82-69(74)53-46-39-32-27-25-29-36-43-50-63(3)4)61-86-90(78,79)84-57-66(73)58-85-91(80,81)87-62-68(60-83-70(75)54-47-40-33-28-26-30-37-44-51-64(5)6)89-72(77)56-49-42-35-24-21-20-22-31-38-45-52-65(7)9-2/h14-17,63-68,73H,8-13,18-62H2,1-7H3,(H,78,79)(H,80,81)/b15-14-,17-16-/t65?,66?,67-,68-/m1/s1. The molecule has 0 aliphatic rings. The number of unbranched alkanes of at least 4 members (excludes halogenated alkanes) is 32. The number of aliphatic hydroxyl groups excluding tert-OH is 1. The van der Waals surface area contributed by atoms with Gasteiger partial charge in [0.2, 0.25) is 0 Å². The number of carbonyl (C=O) groups excluding carboxylic acids is 4. The lowest BCUT2D eigenvalue weighted by atomic mass is 9.99. The first kappa shape index (κ1) is 88.5. The Balaban J connectivity index is 5.30. The number of esters is 4. The summed E-state index contributed by atoms with van der Waals surface area (Å²) < 4.78 is 68.3. The molecule has 0 aromatic heterocycles. The van der Waals surface area contributed by atoms with E-state index in [1.54, 1.807) is 0 Å². The van der Waals surface area contributed by atoms with Gasteiger partial charge >= 0.3 is 39.5 Å². The molecule has 0 bridgehead atoms. The van der Waals surface area contributed by atoms with Gasteiger partial charge in [-0.3, -0.25) is 37.3 Å². The van der Waals surface area contributed by atoms with Gasteiger partial charge in [0.15, 0.2) is 12.2 Å². The van der Waals surface area contributed by atoms with Crippen molar-refractivity contribution in [2.75, 3.05) is 39.6 Å². The van der Waals surface area contributed by atoms with Crippen molar-refractivity contribution in [2.24, 2.45) is 17.8 Å². The van der Waals surface area contributed by atoms with E-state index in [-0.39, 0.29) is 25.7 Å². The highest BCUT2D eigenvalue weighted by molar-refractivity contribution is 7.47. The third kappa shape index (κ3) is 64.6. The minimum Gasteiger partial charge on any atom is -0.462 e. The molecule has 0 aliphatic carbocycles. The van der Waals surface area contributed by atoms with Crippen molar-refractivity contribution >= 4 is 39.5 Å². The Morgan fingerprint density at radius 1 is 0.363 bits per heavy atom. The molecule has 0 amide bonds. The molecule has 0 saturated heterocycles. The molecule has 0 aromatic carbocycles. The van der Waals surface area contributed by atoms with Gasteiger partial charge in [0.1, 0.15) is 19.3 Å². The Kier molecular flexibility index (Phi) is 60.7. The number of hydrogen-bond acceptors (Lipinski definition) is 15. The Bertz CT molecular complexity index is 1880. The summed E-state index contributed by atoms with van der Waals surface area (Å²) in [7, 11) is -9.92. The second-order valence-electron chi connectivity index (χ2n) is 26.5. The van der Waals surface area contributed by atoms with E-state index in [0.29, 0.717) is 25.7 Å². The molecule has 0 saturated carbocycles. The minimum atomic E-state index is -4.96. The van der Waals surface area contributed by atoms with Crippen LogP contribution in [0.15, 0.2) is 24.3 Å². The molecule has 0 rings (SSSR count). The van der Waals surface area contributed by atoms with Crippen molar-refractivity contribution in [3.05, 3.63) is 24.3 Å². The van der Waals surface area contributed by atoms with Crippen LogP contribution in [-0.4, -0.2) is 96.7 Å². The summed E-state index contributed by atoms with van der Waals surface area (Å²) in [6.07, 6.45) is 49.4. The zero-order chi connectivity index (χ0) is 67.3. The fourth-order valence-corrected chi connectivity index (χ4v) is 11.9. The first-order valence-corrected chi connectivity index (χ1v) is 39.7. The third-order valence-electron chi connectivity index (χ3n) is 16.4. The fourth-order valence-electron chi connectivity index (χ4n) is 10.3. The minimum absolute atomic E-state index is 0.0840. The van der Waals surface area contributed by atoms with Gasteiger partial charge in [-0.15, -0.1) is 0 Å². The third-order valence-corrected chi connectivity index (χ3v) is 18.3. The van der Waals surface area contributed by atoms with Crippen LogP contribution < -0.4 is 0 Å². The number of allylic oxidation sites excluding steroid dienone is 4. The molecular weight excluding hydrogens is 1200 g/mol. The molecule has 4 unspecified atom stereocenters. The lowest BCUT2D eigenvalue weighted by Gasteiger charge is -2.21. The van der Waals surface area contributed by atoms with E-state index in [2.05, 4.69) is 72.8 Å². The van der Waals surface area contributed by atoms with Gasteiger partial charge in [0.05, 0.1) is 26.4 Å². The average Bonchev–Trinajstić information content (AvgIpc) is 3.22. The van der Waals surface area contributed by atoms with Gasteiger partial charge in [-0.1, -0.05) is 285 Å². The Morgan fingerprint density at radius 2 is 0.648 bits per heavy atom. The number of rotatable bonds is 68. The SMILES string of the molecule is CCCCCC/C=C\C=C/CCCCCCCC(=O)O[C@H](COC(=O)CCCCCCCCCCC(C)C)COP(=O)(O)OCC(O)COP(=O)(O)OC[C@@H](COC(=O)CCCCCCCCCCC(C)C)OC(=O)CCCCCCCCCCCCC(C)CC. The summed E-state index contributed by atoms with van der Waals surface area (Å²) in [5.41, 5.74) is 0. The Labute approximate surface area is 554 Å². The summed E-state index contributed by atoms with van der Waals surface area (Å²) in [5.74, 6) is 0.0939. The lowest BCUT2D eigenvalue weighted by Crippen LogP contribution is -2.30. The van der Waals surface area contributed by atoms with E-state index in [9.17, 15) is 43.2 Å². The average molecular weight is 1340 g/mol. The smallest absolute Gasteiger partial charge is 0.462 e. The van der Waals surface area contributed by atoms with E-state index in [0.717, 1.165) is 127 Å². The maximum absolute atomic E-state index is 13.0. The molecule has 17 nitrogen and oxygen atoms in total. The maximum atomic E-state index is 13.0. The summed E-state index contributed by atoms with van der Waals surface area (Å²) in [5, 5.41) is 10.6. The second kappa shape index (κ2) is 62.4. The first-order chi connectivity index (χ1) is 43.8. The molecule has 0 aliphatic heterocycles. The van der Waals surface area contributed by atoms with Gasteiger partial charge in [0, 0.05) is 25.7 Å². The number of ether oxygens (including phenoxy) is 4. The highest BCUT2D eigenvalue weighted by atomic mass is 31.2. The topological polar surface area (TPSA) is 237 Å². The quantitative estimate of drug-likeness (QED) is 0.0169. The van der Waals surface area contributed by atoms with E-state index >= 15 is 0 Å². The largest absolute Gasteiger partial charge is 0.472 e. The van der Waals surface area contributed by atoms with E-state index in [1.807, 2.05) is 0 Å². The molecule has 91 heavy (non-hydrogen) atoms. The number of phosphoric ester groups is 2. The molecule has 0 fully saturated rings. The van der Waals surface area contributed by atoms with Crippen LogP contribution in [0.1, 0.15) is 337 Å². The molecule has 3 N–H and O–H groups in total. The molecule has 0 spiro atoms. The molecule has 6 atom stereocenters. The van der Waals surface area contributed by atoms with Crippen molar-refractivity contribution in [1.29, 1.82) is 0 Å². The Morgan fingerprint density at radius 3 is 0.978 bits per heavy atom. The van der Waals surface area contributed by atoms with Crippen LogP contribution in [0, 0.1) is 17.8 Å². The maximum Gasteiger partial charge on any atom is 0.472 e. The Hall–Kier alpha value is -2.46. The zero-order valence-electron chi connectivity index (χ0n) is 58.8. The molecule has 0 radical (unpaired) electrons. The van der Waals surface area contributed by atoms with Gasteiger partial charge in [-0.05, 0) is 69.1 Å². The lowest BCUT2D eigenvalue weighted by molar-refractivity contribution is -0.161. The summed E-state index contributed by atoms with van der Waals surface area (Å²) in [6.45, 7) is 11.7. The van der Waals surface area contributed by atoms with Crippen LogP contribution in [0.4, 0.5) is 0 Å². The molecule has 536 valence electrons. The van der Waals surface area contributed by atoms with Crippen LogP contribution in [0.5, 0.6) is 0 Å². The van der Waals surface area contributed by atoms with E-state index < -0.39 is 97.5 Å². The molecular formula is C72H136O17P2. The van der Waals surface area contributed by atoms with Gasteiger partial charge in [0.25, 0.3) is 0 Å². The van der Waals surface area contributed by atoms with E-state index in [1.165, 1.54) is 128 Å². The summed E-state index contributed by atoms with van der Waals surface area (Å²) in [6, 6.07) is 0. The van der Waals surface area contributed by atoms with Gasteiger partial charge in [-0.2, -0.15) is 0 Å². The monoisotopic (exact) mass is 1330 g/mol. The van der Waals surface area contributed by atoms with Crippen molar-refractivity contribution < 1.29 is 80.2 Å². The van der Waals surface area contributed by atoms with Gasteiger partial charge < -0.3 is 33.8 Å². The van der Waals surface area contributed by atoms with Crippen molar-refractivity contribution in [3.8, 4) is 0 Å². The number of phosphoric acid groups is 2. The van der Waals surface area contributed by atoms with E-state index in [4.69, 9.17) is 37.0 Å². The van der Waals surface area contributed by atoms with Crippen LogP contribution in [-0.2, 0) is 65.4 Å². The highest BCUT2D eigenvalue weighted by Gasteiger charge is 2.30. The van der Waals surface area contributed by atoms with Crippen LogP contribution in [0.2, 0.25) is 0 Å². The van der Waals surface area contributed by atoms with Gasteiger partial charge in [-0.25, -0.2) is 9.13 Å². The number of aliphatic hydroxyl groups is 1. The van der Waals surface area contributed by atoms with Crippen molar-refractivity contribution in [1.82, 2.24) is 0 Å². The summed E-state index contributed by atoms with van der Waals surface area (Å²) >= 11 is 0. The highest BCUT2D eigenvalue weighted by Crippen LogP contribution is 2.45. The predicted molar refractivity (Wildman–Crippen MR) is 367 cm³/mol. The summed E-state index contributed by atoms with van der Waals surface area (Å²) in [4.78, 5) is 72.6. The number of hydrogen-bond donors (Lipinski definition) is 3. The first-order valence-electron chi connectivity index (χ1n) is 36.7. The van der Waals surface area contributed by atoms with Crippen LogP contribution in [0.25, 0.3) is 0 Å². The molecule has 19 heteroatoms.